The quantitative estimate of drug-likeness (QED) is 0.791. The van der Waals surface area contributed by atoms with E-state index in [2.05, 4.69) is 10.3 Å². The number of anilines is 1. The lowest BCUT2D eigenvalue weighted by Crippen LogP contribution is -2.17. The van der Waals surface area contributed by atoms with Gasteiger partial charge < -0.3 is 15.2 Å². The van der Waals surface area contributed by atoms with Gasteiger partial charge in [-0.3, -0.25) is 9.78 Å². The molecular formula is C14H13ClN2O3. The van der Waals surface area contributed by atoms with Crippen LogP contribution < -0.4 is 10.1 Å². The van der Waals surface area contributed by atoms with Crippen molar-refractivity contribution >= 4 is 23.6 Å². The number of fused-ring (bicyclic) bond motifs is 1. The molecule has 20 heavy (non-hydrogen) atoms. The van der Waals surface area contributed by atoms with Crippen LogP contribution in [0.4, 0.5) is 5.69 Å². The second-order valence-corrected chi connectivity index (χ2v) is 4.38. The number of aromatic hydroxyl groups is 1. The summed E-state index contributed by atoms with van der Waals surface area (Å²) in [6.45, 7) is 1.62. The fourth-order valence-electron chi connectivity index (χ4n) is 1.58. The van der Waals surface area contributed by atoms with Crippen LogP contribution in [0.5, 0.6) is 11.5 Å². The van der Waals surface area contributed by atoms with Crippen LogP contribution in [0, 0.1) is 0 Å². The molecule has 2 N–H and O–H groups in total. The molecule has 2 aromatic rings. The zero-order valence-corrected chi connectivity index (χ0v) is 11.3. The van der Waals surface area contributed by atoms with Crippen molar-refractivity contribution in [2.24, 2.45) is 0 Å². The highest BCUT2D eigenvalue weighted by Gasteiger charge is 2.06. The molecule has 2 heterocycles. The molecule has 0 bridgehead atoms. The monoisotopic (exact) mass is 292 g/mol. The van der Waals surface area contributed by atoms with E-state index in [0.29, 0.717) is 11.8 Å². The minimum Gasteiger partial charge on any atom is -0.506 e. The van der Waals surface area contributed by atoms with Crippen molar-refractivity contribution in [3.63, 3.8) is 0 Å². The van der Waals surface area contributed by atoms with E-state index in [9.17, 15) is 4.79 Å². The van der Waals surface area contributed by atoms with Crippen molar-refractivity contribution in [3.05, 3.63) is 47.2 Å². The Morgan fingerprint density at radius 1 is 1.40 bits per heavy atom. The van der Waals surface area contributed by atoms with Crippen LogP contribution in [0.15, 0.2) is 36.7 Å². The van der Waals surface area contributed by atoms with Crippen LogP contribution in [0.25, 0.3) is 0 Å². The summed E-state index contributed by atoms with van der Waals surface area (Å²) in [4.78, 5) is 14.1. The van der Waals surface area contributed by atoms with Crippen molar-refractivity contribution in [1.29, 1.82) is 0 Å². The van der Waals surface area contributed by atoms with Gasteiger partial charge in [-0.2, -0.15) is 0 Å². The number of halogens is 1. The van der Waals surface area contributed by atoms with Gasteiger partial charge in [0.05, 0.1) is 16.9 Å². The zero-order chi connectivity index (χ0) is 14.4. The molecule has 1 aromatic heterocycles. The molecule has 1 aromatic carbocycles. The molecule has 104 valence electrons. The average Bonchev–Trinajstić information content (AvgIpc) is 2.51. The number of ether oxygens (including phenoxy) is 1. The van der Waals surface area contributed by atoms with Gasteiger partial charge in [0.25, 0.3) is 0 Å². The maximum atomic E-state index is 10.1. The fraction of sp³-hybridized carbons (Fsp3) is 0.143. The first-order chi connectivity index (χ1) is 9.70. The summed E-state index contributed by atoms with van der Waals surface area (Å²) in [7, 11) is 0. The molecule has 0 amide bonds. The highest BCUT2D eigenvalue weighted by Crippen LogP contribution is 2.24. The minimum atomic E-state index is -0.00716. The second kappa shape index (κ2) is 6.77. The summed E-state index contributed by atoms with van der Waals surface area (Å²) in [6, 6.07) is 6.19. The minimum absolute atomic E-state index is 0.00716. The van der Waals surface area contributed by atoms with Gasteiger partial charge in [-0.25, -0.2) is 0 Å². The van der Waals surface area contributed by atoms with Gasteiger partial charge in [0.2, 0.25) is 0 Å². The standard InChI is InChI=1S/C7H5ClO2.C7H8N2O/c8-6-3-5(4-9)1-2-7(6)10;1-2-8-5-7-6(1)9-3-4-10-7/h1-4,10H;1-2,5,9H,3-4H2. The number of aromatic nitrogens is 1. The summed E-state index contributed by atoms with van der Waals surface area (Å²) in [6.07, 6.45) is 4.15. The molecule has 0 saturated heterocycles. The SMILES string of the molecule is O=Cc1ccc(O)c(Cl)c1.c1cc2c(cn1)OCCN2. The maximum absolute atomic E-state index is 10.1. The molecule has 0 unspecified atom stereocenters. The number of benzene rings is 1. The highest BCUT2D eigenvalue weighted by atomic mass is 35.5. The Morgan fingerprint density at radius 2 is 2.25 bits per heavy atom. The predicted molar refractivity (Wildman–Crippen MR) is 76.7 cm³/mol. The summed E-state index contributed by atoms with van der Waals surface area (Å²) in [5.41, 5.74) is 1.50. The van der Waals surface area contributed by atoms with E-state index in [-0.39, 0.29) is 10.8 Å². The first-order valence-corrected chi connectivity index (χ1v) is 6.33. The highest BCUT2D eigenvalue weighted by molar-refractivity contribution is 6.32. The zero-order valence-electron chi connectivity index (χ0n) is 10.5. The largest absolute Gasteiger partial charge is 0.506 e. The third-order valence-corrected chi connectivity index (χ3v) is 2.87. The lowest BCUT2D eigenvalue weighted by atomic mass is 10.2. The Labute approximate surface area is 121 Å². The normalized spacial score (nSPS) is 12.1. The van der Waals surface area contributed by atoms with Crippen molar-refractivity contribution < 1.29 is 14.6 Å². The van der Waals surface area contributed by atoms with Gasteiger partial charge in [0.1, 0.15) is 18.6 Å². The van der Waals surface area contributed by atoms with Gasteiger partial charge in [-0.1, -0.05) is 11.6 Å². The molecule has 3 rings (SSSR count). The number of phenolic OH excluding ortho intramolecular Hbond substituents is 1. The van der Waals surface area contributed by atoms with Crippen molar-refractivity contribution in [1.82, 2.24) is 4.98 Å². The Kier molecular flexibility index (Phi) is 4.79. The summed E-state index contributed by atoms with van der Waals surface area (Å²) in [5, 5.41) is 12.3. The smallest absolute Gasteiger partial charge is 0.160 e. The van der Waals surface area contributed by atoms with Crippen LogP contribution in [0.2, 0.25) is 5.02 Å². The van der Waals surface area contributed by atoms with Crippen LogP contribution in [0.1, 0.15) is 10.4 Å². The summed E-state index contributed by atoms with van der Waals surface area (Å²) < 4.78 is 5.30. The lowest BCUT2D eigenvalue weighted by Gasteiger charge is -2.17. The number of hydrogen-bond acceptors (Lipinski definition) is 5. The number of phenols is 1. The van der Waals surface area contributed by atoms with Gasteiger partial charge >= 0.3 is 0 Å². The summed E-state index contributed by atoms with van der Waals surface area (Å²) in [5.74, 6) is 0.848. The van der Waals surface area contributed by atoms with Crippen LogP contribution in [0.3, 0.4) is 0 Å². The molecule has 0 saturated carbocycles. The maximum Gasteiger partial charge on any atom is 0.160 e. The number of hydrogen-bond donors (Lipinski definition) is 2. The molecule has 6 heteroatoms. The summed E-state index contributed by atoms with van der Waals surface area (Å²) >= 11 is 5.48. The molecule has 0 aliphatic carbocycles. The number of rotatable bonds is 1. The Morgan fingerprint density at radius 3 is 2.95 bits per heavy atom. The van der Waals surface area contributed by atoms with Gasteiger partial charge in [0, 0.05) is 18.3 Å². The average molecular weight is 293 g/mol. The van der Waals surface area contributed by atoms with Gasteiger partial charge in [-0.15, -0.1) is 0 Å². The number of carbonyl (C=O) groups is 1. The van der Waals surface area contributed by atoms with E-state index in [0.717, 1.165) is 24.6 Å². The van der Waals surface area contributed by atoms with Gasteiger partial charge in [0.15, 0.2) is 5.75 Å². The van der Waals surface area contributed by atoms with Gasteiger partial charge in [-0.05, 0) is 24.3 Å². The molecular weight excluding hydrogens is 280 g/mol. The molecule has 0 fully saturated rings. The van der Waals surface area contributed by atoms with Crippen molar-refractivity contribution in [2.75, 3.05) is 18.5 Å². The first-order valence-electron chi connectivity index (χ1n) is 5.95. The third-order valence-electron chi connectivity index (χ3n) is 2.57. The van der Waals surface area contributed by atoms with E-state index >= 15 is 0 Å². The van der Waals surface area contributed by atoms with Crippen LogP contribution in [-0.4, -0.2) is 29.5 Å². The number of nitrogens with zero attached hydrogens (tertiary/aromatic N) is 1. The van der Waals surface area contributed by atoms with E-state index in [4.69, 9.17) is 21.4 Å². The van der Waals surface area contributed by atoms with E-state index in [1.165, 1.54) is 18.2 Å². The first kappa shape index (κ1) is 14.1. The molecule has 1 aliphatic rings. The lowest BCUT2D eigenvalue weighted by molar-refractivity contribution is 0.112. The number of nitrogens with one attached hydrogen (secondary N) is 1. The Hall–Kier alpha value is -2.27. The second-order valence-electron chi connectivity index (χ2n) is 3.98. The Balaban J connectivity index is 0.000000147. The molecule has 0 spiro atoms. The number of aldehydes is 1. The number of pyridine rings is 1. The van der Waals surface area contributed by atoms with E-state index < -0.39 is 0 Å². The molecule has 5 nitrogen and oxygen atoms in total. The molecule has 1 aliphatic heterocycles. The molecule has 0 atom stereocenters. The fourth-order valence-corrected chi connectivity index (χ4v) is 1.77. The predicted octanol–water partition coefficient (Wildman–Crippen LogP) is 2.74. The Bertz CT molecular complexity index is 580. The van der Waals surface area contributed by atoms with E-state index in [1.54, 1.807) is 12.4 Å². The van der Waals surface area contributed by atoms with Crippen molar-refractivity contribution in [3.8, 4) is 11.5 Å². The third kappa shape index (κ3) is 3.61. The van der Waals surface area contributed by atoms with Crippen molar-refractivity contribution in [2.45, 2.75) is 0 Å². The van der Waals surface area contributed by atoms with Crippen LogP contribution in [-0.2, 0) is 0 Å². The molecule has 0 radical (unpaired) electrons. The van der Waals surface area contributed by atoms with E-state index in [1.807, 2.05) is 6.07 Å². The topological polar surface area (TPSA) is 71.5 Å². The number of carbonyl (C=O) groups excluding carboxylic acids is 1. The van der Waals surface area contributed by atoms with Crippen LogP contribution >= 0.6 is 11.6 Å².